The van der Waals surface area contributed by atoms with E-state index in [1.165, 1.54) is 17.5 Å². The van der Waals surface area contributed by atoms with Gasteiger partial charge in [-0.3, -0.25) is 0 Å². The molecule has 3 aromatic rings. The van der Waals surface area contributed by atoms with Crippen molar-refractivity contribution in [3.05, 3.63) is 41.9 Å². The van der Waals surface area contributed by atoms with Gasteiger partial charge in [0.05, 0.1) is 17.3 Å². The molecule has 2 aromatic heterocycles. The average molecular weight is 335 g/mol. The third-order valence-electron chi connectivity index (χ3n) is 4.96. The Labute approximate surface area is 148 Å². The van der Waals surface area contributed by atoms with Crippen molar-refractivity contribution in [3.63, 3.8) is 0 Å². The van der Waals surface area contributed by atoms with Crippen molar-refractivity contribution < 1.29 is 0 Å². The van der Waals surface area contributed by atoms with Crippen molar-refractivity contribution in [2.45, 2.75) is 34.1 Å². The van der Waals surface area contributed by atoms with Crippen LogP contribution in [0.1, 0.15) is 31.4 Å². The Balaban J connectivity index is 1.80. The number of fused-ring (bicyclic) bond motifs is 1. The third kappa shape index (κ3) is 2.99. The fourth-order valence-electron chi connectivity index (χ4n) is 4.18. The predicted molar refractivity (Wildman–Crippen MR) is 101 cm³/mol. The molecule has 0 aliphatic carbocycles. The second-order valence-corrected chi connectivity index (χ2v) is 7.69. The summed E-state index contributed by atoms with van der Waals surface area (Å²) in [5.74, 6) is 2.38. The number of aryl methyl sites for hydroxylation is 2. The number of piperidine rings is 1. The molecule has 0 bridgehead atoms. The van der Waals surface area contributed by atoms with Gasteiger partial charge in [-0.2, -0.15) is 5.10 Å². The molecule has 0 radical (unpaired) electrons. The van der Waals surface area contributed by atoms with Crippen LogP contribution in [0, 0.1) is 25.7 Å². The molecule has 130 valence electrons. The maximum absolute atomic E-state index is 4.63. The zero-order valence-corrected chi connectivity index (χ0v) is 15.4. The highest BCUT2D eigenvalue weighted by atomic mass is 15.3. The van der Waals surface area contributed by atoms with Crippen LogP contribution in [0.4, 0.5) is 5.82 Å². The van der Waals surface area contributed by atoms with Gasteiger partial charge < -0.3 is 4.90 Å². The van der Waals surface area contributed by atoms with Gasteiger partial charge in [0, 0.05) is 13.1 Å². The van der Waals surface area contributed by atoms with Crippen LogP contribution in [-0.2, 0) is 0 Å². The smallest absolute Gasteiger partial charge is 0.168 e. The van der Waals surface area contributed by atoms with Crippen molar-refractivity contribution in [2.75, 3.05) is 18.0 Å². The minimum atomic E-state index is 0.684. The molecular weight excluding hydrogens is 310 g/mol. The highest BCUT2D eigenvalue weighted by Gasteiger charge is 2.25. The van der Waals surface area contributed by atoms with Gasteiger partial charge in [-0.1, -0.05) is 19.9 Å². The van der Waals surface area contributed by atoms with Crippen LogP contribution in [0.2, 0.25) is 0 Å². The largest absolute Gasteiger partial charge is 0.355 e. The maximum atomic E-state index is 4.63. The highest BCUT2D eigenvalue weighted by molar-refractivity contribution is 5.87. The van der Waals surface area contributed by atoms with Crippen LogP contribution in [0.3, 0.4) is 0 Å². The first-order valence-electron chi connectivity index (χ1n) is 9.03. The average Bonchev–Trinajstić information content (AvgIpc) is 2.97. The molecule has 3 heterocycles. The highest BCUT2D eigenvalue weighted by Crippen LogP contribution is 2.30. The zero-order chi connectivity index (χ0) is 17.6. The monoisotopic (exact) mass is 335 g/mol. The Morgan fingerprint density at radius 1 is 0.960 bits per heavy atom. The minimum Gasteiger partial charge on any atom is -0.355 e. The van der Waals surface area contributed by atoms with E-state index in [4.69, 9.17) is 0 Å². The minimum absolute atomic E-state index is 0.684. The second kappa shape index (κ2) is 6.14. The number of hydrogen-bond acceptors (Lipinski definition) is 4. The zero-order valence-electron chi connectivity index (χ0n) is 15.4. The van der Waals surface area contributed by atoms with E-state index in [1.807, 2.05) is 10.9 Å². The van der Waals surface area contributed by atoms with E-state index in [1.54, 1.807) is 6.33 Å². The molecule has 4 rings (SSSR count). The van der Waals surface area contributed by atoms with Gasteiger partial charge in [-0.25, -0.2) is 14.6 Å². The summed E-state index contributed by atoms with van der Waals surface area (Å²) < 4.78 is 1.93. The molecule has 0 amide bonds. The number of aromatic nitrogens is 4. The van der Waals surface area contributed by atoms with Crippen molar-refractivity contribution >= 4 is 16.9 Å². The van der Waals surface area contributed by atoms with Crippen molar-refractivity contribution in [1.29, 1.82) is 0 Å². The molecule has 0 spiro atoms. The van der Waals surface area contributed by atoms with E-state index >= 15 is 0 Å². The lowest BCUT2D eigenvalue weighted by Crippen LogP contribution is -2.39. The first-order valence-corrected chi connectivity index (χ1v) is 9.03. The summed E-state index contributed by atoms with van der Waals surface area (Å²) in [6.07, 6.45) is 4.86. The Bertz CT molecular complexity index is 883. The topological polar surface area (TPSA) is 46.8 Å². The van der Waals surface area contributed by atoms with Gasteiger partial charge in [0.1, 0.15) is 12.1 Å². The Morgan fingerprint density at radius 2 is 1.64 bits per heavy atom. The van der Waals surface area contributed by atoms with Crippen molar-refractivity contribution in [3.8, 4) is 5.69 Å². The van der Waals surface area contributed by atoms with Gasteiger partial charge in [0.2, 0.25) is 0 Å². The maximum Gasteiger partial charge on any atom is 0.168 e. The summed E-state index contributed by atoms with van der Waals surface area (Å²) in [5.41, 5.74) is 4.39. The van der Waals surface area contributed by atoms with Crippen LogP contribution in [-0.4, -0.2) is 32.8 Å². The number of rotatable bonds is 2. The lowest BCUT2D eigenvalue weighted by Gasteiger charge is -2.35. The van der Waals surface area contributed by atoms with E-state index in [9.17, 15) is 0 Å². The normalized spacial score (nSPS) is 21.0. The van der Waals surface area contributed by atoms with E-state index < -0.39 is 0 Å². The molecule has 0 unspecified atom stereocenters. The number of benzene rings is 1. The predicted octanol–water partition coefficient (Wildman–Crippen LogP) is 3.91. The van der Waals surface area contributed by atoms with Crippen LogP contribution in [0.15, 0.2) is 30.7 Å². The second-order valence-electron chi connectivity index (χ2n) is 7.69. The van der Waals surface area contributed by atoms with Crippen LogP contribution < -0.4 is 4.90 Å². The molecule has 0 saturated carbocycles. The molecular formula is C20H25N5. The first-order chi connectivity index (χ1) is 12.0. The summed E-state index contributed by atoms with van der Waals surface area (Å²) in [6.45, 7) is 11.0. The lowest BCUT2D eigenvalue weighted by atomic mass is 9.92. The Hall–Kier alpha value is -2.43. The van der Waals surface area contributed by atoms with Crippen molar-refractivity contribution in [1.82, 2.24) is 19.7 Å². The molecule has 2 atom stereocenters. The quantitative estimate of drug-likeness (QED) is 0.712. The molecule has 5 heteroatoms. The SMILES string of the molecule is Cc1cc(C)cc(-n2ncc3c(N4C[C@H](C)C[C@H](C)C4)ncnc32)c1. The standard InChI is InChI=1S/C20H25N5/c1-13-5-14(2)8-17(7-13)25-20-18(9-23-25)19(21-12-22-20)24-10-15(3)6-16(4)11-24/h5,7-9,12,15-16H,6,10-11H2,1-4H3/t15-,16+. The molecule has 1 saturated heterocycles. The summed E-state index contributed by atoms with van der Waals surface area (Å²) in [4.78, 5) is 11.5. The van der Waals surface area contributed by atoms with E-state index in [2.05, 4.69) is 65.9 Å². The summed E-state index contributed by atoms with van der Waals surface area (Å²) in [7, 11) is 0. The summed E-state index contributed by atoms with van der Waals surface area (Å²) >= 11 is 0. The summed E-state index contributed by atoms with van der Waals surface area (Å²) in [6, 6.07) is 6.46. The van der Waals surface area contributed by atoms with E-state index in [-0.39, 0.29) is 0 Å². The third-order valence-corrected chi connectivity index (χ3v) is 4.96. The molecule has 1 aliphatic rings. The van der Waals surface area contributed by atoms with E-state index in [0.29, 0.717) is 11.8 Å². The molecule has 5 nitrogen and oxygen atoms in total. The fraction of sp³-hybridized carbons (Fsp3) is 0.450. The number of nitrogens with zero attached hydrogens (tertiary/aromatic N) is 5. The summed E-state index contributed by atoms with van der Waals surface area (Å²) in [5, 5.41) is 5.66. The molecule has 1 aromatic carbocycles. The van der Waals surface area contributed by atoms with Gasteiger partial charge in [0.25, 0.3) is 0 Å². The van der Waals surface area contributed by atoms with Gasteiger partial charge in [-0.15, -0.1) is 0 Å². The Kier molecular flexibility index (Phi) is 3.94. The molecule has 1 aliphatic heterocycles. The molecule has 25 heavy (non-hydrogen) atoms. The molecule has 0 N–H and O–H groups in total. The fourth-order valence-corrected chi connectivity index (χ4v) is 4.18. The van der Waals surface area contributed by atoms with Crippen LogP contribution in [0.5, 0.6) is 0 Å². The molecule has 1 fully saturated rings. The van der Waals surface area contributed by atoms with Crippen LogP contribution >= 0.6 is 0 Å². The van der Waals surface area contributed by atoms with Gasteiger partial charge in [-0.05, 0) is 55.4 Å². The number of hydrogen-bond donors (Lipinski definition) is 0. The number of anilines is 1. The Morgan fingerprint density at radius 3 is 2.32 bits per heavy atom. The van der Waals surface area contributed by atoms with Crippen LogP contribution in [0.25, 0.3) is 16.7 Å². The first kappa shape index (κ1) is 16.1. The van der Waals surface area contributed by atoms with Gasteiger partial charge in [0.15, 0.2) is 5.65 Å². The van der Waals surface area contributed by atoms with E-state index in [0.717, 1.165) is 35.6 Å². The van der Waals surface area contributed by atoms with Gasteiger partial charge >= 0.3 is 0 Å². The van der Waals surface area contributed by atoms with Crippen molar-refractivity contribution in [2.24, 2.45) is 11.8 Å². The lowest BCUT2D eigenvalue weighted by molar-refractivity contribution is 0.356.